The summed E-state index contributed by atoms with van der Waals surface area (Å²) in [6.07, 6.45) is 3.34. The van der Waals surface area contributed by atoms with E-state index in [9.17, 15) is 9.59 Å². The third kappa shape index (κ3) is 5.03. The van der Waals surface area contributed by atoms with Gasteiger partial charge in [-0.1, -0.05) is 0 Å². The van der Waals surface area contributed by atoms with Crippen molar-refractivity contribution in [1.29, 1.82) is 0 Å². The van der Waals surface area contributed by atoms with Gasteiger partial charge in [0.25, 0.3) is 11.8 Å². The molecule has 0 aromatic carbocycles. The van der Waals surface area contributed by atoms with Gasteiger partial charge in [0.2, 0.25) is 0 Å². The van der Waals surface area contributed by atoms with Crippen LogP contribution >= 0.6 is 0 Å². The summed E-state index contributed by atoms with van der Waals surface area (Å²) in [4.78, 5) is 28.7. The first-order valence-electron chi connectivity index (χ1n) is 8.41. The van der Waals surface area contributed by atoms with Gasteiger partial charge in [-0.2, -0.15) is 0 Å². The summed E-state index contributed by atoms with van der Waals surface area (Å²) in [6.45, 7) is 0.956. The van der Waals surface area contributed by atoms with Crippen LogP contribution in [0, 0.1) is 0 Å². The molecule has 146 valence electrons. The summed E-state index contributed by atoms with van der Waals surface area (Å²) >= 11 is 0. The van der Waals surface area contributed by atoms with E-state index in [2.05, 4.69) is 26.3 Å². The monoisotopic (exact) mass is 374 g/mol. The van der Waals surface area contributed by atoms with Gasteiger partial charge in [-0.25, -0.2) is 0 Å². The zero-order chi connectivity index (χ0) is 20.0. The lowest BCUT2D eigenvalue weighted by molar-refractivity contribution is 0.0945. The number of aryl methyl sites for hydroxylation is 2. The number of nitrogen functional groups attached to an aromatic ring is 1. The van der Waals surface area contributed by atoms with Gasteiger partial charge >= 0.3 is 0 Å². The number of nitrogens with one attached hydrogen (secondary N) is 4. The zero-order valence-corrected chi connectivity index (χ0v) is 16.0. The molecule has 2 aromatic heterocycles. The van der Waals surface area contributed by atoms with E-state index in [0.29, 0.717) is 41.8 Å². The maximum atomic E-state index is 12.3. The highest BCUT2D eigenvalue weighted by molar-refractivity contribution is 6.04. The SMILES string of the molecule is CN=C(NC)NCCNC(=O)c1cc(NC(=O)c2cc(N)cn2C)cn1C. The van der Waals surface area contributed by atoms with Crippen LogP contribution in [-0.4, -0.2) is 54.1 Å². The van der Waals surface area contributed by atoms with Crippen molar-refractivity contribution in [2.24, 2.45) is 19.1 Å². The molecular weight excluding hydrogens is 348 g/mol. The van der Waals surface area contributed by atoms with Crippen molar-refractivity contribution in [3.63, 3.8) is 0 Å². The van der Waals surface area contributed by atoms with Gasteiger partial charge in [0, 0.05) is 53.7 Å². The van der Waals surface area contributed by atoms with E-state index in [-0.39, 0.29) is 11.8 Å². The Morgan fingerprint density at radius 2 is 1.67 bits per heavy atom. The van der Waals surface area contributed by atoms with Gasteiger partial charge in [0.1, 0.15) is 11.4 Å². The summed E-state index contributed by atoms with van der Waals surface area (Å²) in [6, 6.07) is 3.22. The molecule has 0 atom stereocenters. The van der Waals surface area contributed by atoms with E-state index in [4.69, 9.17) is 5.73 Å². The Labute approximate surface area is 157 Å². The molecule has 0 aliphatic rings. The van der Waals surface area contributed by atoms with Crippen LogP contribution in [0.3, 0.4) is 0 Å². The number of carbonyl (C=O) groups is 2. The first-order valence-corrected chi connectivity index (χ1v) is 8.41. The van der Waals surface area contributed by atoms with Crippen LogP contribution in [0.4, 0.5) is 11.4 Å². The number of nitrogens with two attached hydrogens (primary N) is 1. The van der Waals surface area contributed by atoms with E-state index in [1.807, 2.05) is 0 Å². The van der Waals surface area contributed by atoms with Crippen molar-refractivity contribution < 1.29 is 9.59 Å². The fourth-order valence-electron chi connectivity index (χ4n) is 2.60. The van der Waals surface area contributed by atoms with Crippen molar-refractivity contribution >= 4 is 29.1 Å². The van der Waals surface area contributed by atoms with Crippen LogP contribution < -0.4 is 27.0 Å². The lowest BCUT2D eigenvalue weighted by atomic mass is 10.3. The Morgan fingerprint density at radius 1 is 1.04 bits per heavy atom. The number of amides is 2. The fourth-order valence-corrected chi connectivity index (χ4v) is 2.60. The van der Waals surface area contributed by atoms with Crippen LogP contribution in [-0.2, 0) is 14.1 Å². The normalized spacial score (nSPS) is 11.2. The number of hydrogen-bond acceptors (Lipinski definition) is 4. The first-order chi connectivity index (χ1) is 12.8. The molecule has 0 saturated carbocycles. The Kier molecular flexibility index (Phi) is 6.47. The third-order valence-corrected chi connectivity index (χ3v) is 3.92. The highest BCUT2D eigenvalue weighted by Crippen LogP contribution is 2.16. The van der Waals surface area contributed by atoms with Crippen molar-refractivity contribution in [3.8, 4) is 0 Å². The minimum Gasteiger partial charge on any atom is -0.397 e. The molecule has 2 heterocycles. The van der Waals surface area contributed by atoms with Crippen LogP contribution in [0.15, 0.2) is 29.5 Å². The highest BCUT2D eigenvalue weighted by Gasteiger charge is 2.15. The molecule has 0 unspecified atom stereocenters. The van der Waals surface area contributed by atoms with E-state index >= 15 is 0 Å². The predicted octanol–water partition coefficient (Wildman–Crippen LogP) is -0.277. The third-order valence-electron chi connectivity index (χ3n) is 3.92. The number of rotatable bonds is 6. The van der Waals surface area contributed by atoms with Gasteiger partial charge < -0.3 is 36.1 Å². The molecule has 2 amide bonds. The molecule has 0 fully saturated rings. The van der Waals surface area contributed by atoms with E-state index in [1.54, 1.807) is 61.9 Å². The fraction of sp³-hybridized carbons (Fsp3) is 0.353. The maximum Gasteiger partial charge on any atom is 0.272 e. The summed E-state index contributed by atoms with van der Waals surface area (Å²) in [5.41, 5.74) is 7.62. The molecule has 0 spiro atoms. The quantitative estimate of drug-likeness (QED) is 0.270. The topological polar surface area (TPSA) is 130 Å². The molecule has 0 aliphatic heterocycles. The second kappa shape index (κ2) is 8.79. The minimum absolute atomic E-state index is 0.234. The Morgan fingerprint density at radius 3 is 2.26 bits per heavy atom. The average molecular weight is 374 g/mol. The smallest absolute Gasteiger partial charge is 0.272 e. The van der Waals surface area contributed by atoms with Crippen molar-refractivity contribution in [3.05, 3.63) is 35.9 Å². The van der Waals surface area contributed by atoms with Gasteiger partial charge in [-0.15, -0.1) is 0 Å². The highest BCUT2D eigenvalue weighted by atomic mass is 16.2. The second-order valence-electron chi connectivity index (χ2n) is 5.95. The molecule has 2 aromatic rings. The van der Waals surface area contributed by atoms with Crippen LogP contribution in [0.2, 0.25) is 0 Å². The molecule has 0 radical (unpaired) electrons. The Balaban J connectivity index is 1.94. The van der Waals surface area contributed by atoms with Gasteiger partial charge in [0.15, 0.2) is 5.96 Å². The van der Waals surface area contributed by atoms with Gasteiger partial charge in [0.05, 0.1) is 11.4 Å². The molecule has 0 aliphatic carbocycles. The molecule has 2 rings (SSSR count). The Hall–Kier alpha value is -3.43. The van der Waals surface area contributed by atoms with E-state index in [0.717, 1.165) is 0 Å². The number of nitrogens with zero attached hydrogens (tertiary/aromatic N) is 3. The molecule has 0 saturated heterocycles. The number of hydrogen-bond donors (Lipinski definition) is 5. The molecule has 10 heteroatoms. The number of aromatic nitrogens is 2. The lowest BCUT2D eigenvalue weighted by Crippen LogP contribution is -2.40. The first kappa shape index (κ1) is 19.9. The average Bonchev–Trinajstić information content (AvgIpc) is 3.16. The summed E-state index contributed by atoms with van der Waals surface area (Å²) in [5.74, 6) is 0.117. The number of carbonyl (C=O) groups excluding carboxylic acids is 2. The Bertz CT molecular complexity index is 849. The van der Waals surface area contributed by atoms with Crippen molar-refractivity contribution in [2.45, 2.75) is 0 Å². The van der Waals surface area contributed by atoms with Crippen LogP contribution in [0.5, 0.6) is 0 Å². The summed E-state index contributed by atoms with van der Waals surface area (Å²) in [5, 5.41) is 11.5. The maximum absolute atomic E-state index is 12.3. The lowest BCUT2D eigenvalue weighted by Gasteiger charge is -2.09. The van der Waals surface area contributed by atoms with E-state index in [1.165, 1.54) is 0 Å². The van der Waals surface area contributed by atoms with Gasteiger partial charge in [-0.05, 0) is 12.1 Å². The van der Waals surface area contributed by atoms with Crippen LogP contribution in [0.1, 0.15) is 21.0 Å². The van der Waals surface area contributed by atoms with Crippen molar-refractivity contribution in [2.75, 3.05) is 38.2 Å². The molecular formula is C17H26N8O2. The zero-order valence-electron chi connectivity index (χ0n) is 16.0. The minimum atomic E-state index is -0.297. The van der Waals surface area contributed by atoms with Gasteiger partial charge in [-0.3, -0.25) is 14.6 Å². The van der Waals surface area contributed by atoms with Crippen molar-refractivity contribution in [1.82, 2.24) is 25.1 Å². The summed E-state index contributed by atoms with van der Waals surface area (Å²) in [7, 11) is 6.91. The molecule has 0 bridgehead atoms. The summed E-state index contributed by atoms with van der Waals surface area (Å²) < 4.78 is 3.30. The predicted molar refractivity (Wildman–Crippen MR) is 106 cm³/mol. The second-order valence-corrected chi connectivity index (χ2v) is 5.95. The molecule has 27 heavy (non-hydrogen) atoms. The molecule has 6 N–H and O–H groups in total. The van der Waals surface area contributed by atoms with Crippen LogP contribution in [0.25, 0.3) is 0 Å². The standard InChI is InChI=1S/C17H26N8O2/c1-19-17(20-2)22-6-5-21-15(26)14-8-12(10-25(14)4)23-16(27)13-7-11(18)9-24(13)3/h7-10H,5-6,18H2,1-4H3,(H,21,26)(H,23,27)(H2,19,20,22). The number of aliphatic imine (C=N–C) groups is 1. The number of guanidine groups is 1. The largest absolute Gasteiger partial charge is 0.397 e. The van der Waals surface area contributed by atoms with E-state index < -0.39 is 0 Å². The molecule has 10 nitrogen and oxygen atoms in total. The number of anilines is 2.